The number of carbonyl (C=O) groups excluding carboxylic acids is 1. The van der Waals surface area contributed by atoms with Crippen molar-refractivity contribution in [2.24, 2.45) is 5.92 Å². The van der Waals surface area contributed by atoms with Gasteiger partial charge in [0, 0.05) is 23.8 Å². The molecule has 1 N–H and O–H groups in total. The third-order valence-corrected chi connectivity index (χ3v) is 4.73. The molecule has 5 nitrogen and oxygen atoms in total. The average Bonchev–Trinajstić information content (AvgIpc) is 3.21. The number of nitrogens with one attached hydrogen (secondary N) is 1. The maximum absolute atomic E-state index is 12.0. The van der Waals surface area contributed by atoms with Crippen LogP contribution in [0.5, 0.6) is 0 Å². The Labute approximate surface area is 133 Å². The molecular formula is C13H15Cl2NO4S. The molecule has 1 amide bonds. The van der Waals surface area contributed by atoms with Crippen LogP contribution in [-0.4, -0.2) is 34.1 Å². The second-order valence-electron chi connectivity index (χ2n) is 4.85. The van der Waals surface area contributed by atoms with Gasteiger partial charge in [0.05, 0.1) is 22.1 Å². The van der Waals surface area contributed by atoms with Gasteiger partial charge in [-0.2, -0.15) is 0 Å². The lowest BCUT2D eigenvalue weighted by atomic mass is 10.2. The SMILES string of the molecule is O=C(NCCOCC1CC1)c1cc(S(=O)(=O)Cl)ccc1Cl. The van der Waals surface area contributed by atoms with Gasteiger partial charge in [-0.25, -0.2) is 8.42 Å². The van der Waals surface area contributed by atoms with Gasteiger partial charge in [-0.05, 0) is 37.0 Å². The van der Waals surface area contributed by atoms with Gasteiger partial charge in [-0.3, -0.25) is 4.79 Å². The molecular weight excluding hydrogens is 337 g/mol. The molecule has 1 aliphatic rings. The third-order valence-electron chi connectivity index (χ3n) is 3.05. The van der Waals surface area contributed by atoms with Crippen LogP contribution in [0.15, 0.2) is 23.1 Å². The molecule has 0 bridgehead atoms. The van der Waals surface area contributed by atoms with E-state index in [-0.39, 0.29) is 15.5 Å². The Morgan fingerprint density at radius 3 is 2.71 bits per heavy atom. The molecule has 8 heteroatoms. The lowest BCUT2D eigenvalue weighted by Crippen LogP contribution is -2.27. The predicted octanol–water partition coefficient (Wildman–Crippen LogP) is 2.42. The largest absolute Gasteiger partial charge is 0.379 e. The van der Waals surface area contributed by atoms with Crippen LogP contribution in [0.2, 0.25) is 5.02 Å². The molecule has 116 valence electrons. The summed E-state index contributed by atoms with van der Waals surface area (Å²) in [6, 6.07) is 3.74. The molecule has 1 aromatic rings. The number of amides is 1. The lowest BCUT2D eigenvalue weighted by molar-refractivity contribution is 0.0906. The van der Waals surface area contributed by atoms with Crippen molar-refractivity contribution in [2.45, 2.75) is 17.7 Å². The summed E-state index contributed by atoms with van der Waals surface area (Å²) in [4.78, 5) is 11.8. The molecule has 2 rings (SSSR count). The van der Waals surface area contributed by atoms with Crippen molar-refractivity contribution in [3.63, 3.8) is 0 Å². The first kappa shape index (κ1) is 16.5. The molecule has 0 radical (unpaired) electrons. The molecule has 1 fully saturated rings. The Bertz CT molecular complexity index is 629. The topological polar surface area (TPSA) is 72.5 Å². The number of rotatable bonds is 7. The van der Waals surface area contributed by atoms with Crippen molar-refractivity contribution in [1.29, 1.82) is 0 Å². The summed E-state index contributed by atoms with van der Waals surface area (Å²) in [6.07, 6.45) is 2.42. The molecule has 1 aromatic carbocycles. The predicted molar refractivity (Wildman–Crippen MR) is 80.4 cm³/mol. The highest BCUT2D eigenvalue weighted by atomic mass is 35.7. The molecule has 0 atom stereocenters. The van der Waals surface area contributed by atoms with Crippen LogP contribution in [0.1, 0.15) is 23.2 Å². The Morgan fingerprint density at radius 1 is 1.38 bits per heavy atom. The van der Waals surface area contributed by atoms with E-state index in [4.69, 9.17) is 27.0 Å². The number of hydrogen-bond acceptors (Lipinski definition) is 4. The van der Waals surface area contributed by atoms with Crippen LogP contribution < -0.4 is 5.32 Å². The van der Waals surface area contributed by atoms with Crippen molar-refractivity contribution in [1.82, 2.24) is 5.32 Å². The maximum Gasteiger partial charge on any atom is 0.261 e. The van der Waals surface area contributed by atoms with E-state index in [1.54, 1.807) is 0 Å². The number of carbonyl (C=O) groups is 1. The zero-order chi connectivity index (χ0) is 15.5. The van der Waals surface area contributed by atoms with Gasteiger partial charge in [0.15, 0.2) is 0 Å². The Morgan fingerprint density at radius 2 is 2.10 bits per heavy atom. The van der Waals surface area contributed by atoms with E-state index in [9.17, 15) is 13.2 Å². The minimum atomic E-state index is -3.90. The highest BCUT2D eigenvalue weighted by Gasteiger charge is 2.21. The summed E-state index contributed by atoms with van der Waals surface area (Å²) in [6.45, 7) is 1.46. The molecule has 0 aromatic heterocycles. The third kappa shape index (κ3) is 5.14. The fourth-order valence-electron chi connectivity index (χ4n) is 1.70. The van der Waals surface area contributed by atoms with Crippen LogP contribution in [0.25, 0.3) is 0 Å². The summed E-state index contributed by atoms with van der Waals surface area (Å²) >= 11 is 5.90. The van der Waals surface area contributed by atoms with E-state index < -0.39 is 15.0 Å². The van der Waals surface area contributed by atoms with Crippen LogP contribution in [0.3, 0.4) is 0 Å². The summed E-state index contributed by atoms with van der Waals surface area (Å²) in [5.41, 5.74) is 0.0700. The fraction of sp³-hybridized carbons (Fsp3) is 0.462. The standard InChI is InChI=1S/C13H15Cl2NO4S/c14-12-4-3-10(21(15,18)19)7-11(12)13(17)16-5-6-20-8-9-1-2-9/h3-4,7,9H,1-2,5-6,8H2,(H,16,17). The van der Waals surface area contributed by atoms with Gasteiger partial charge >= 0.3 is 0 Å². The number of ether oxygens (including phenoxy) is 1. The van der Waals surface area contributed by atoms with Crippen molar-refractivity contribution >= 4 is 37.2 Å². The molecule has 0 spiro atoms. The molecule has 0 saturated heterocycles. The van der Waals surface area contributed by atoms with Crippen LogP contribution >= 0.6 is 22.3 Å². The first-order chi connectivity index (χ1) is 9.88. The van der Waals surface area contributed by atoms with Gasteiger partial charge in [0.1, 0.15) is 0 Å². The van der Waals surface area contributed by atoms with Gasteiger partial charge in [-0.15, -0.1) is 0 Å². The molecule has 1 aliphatic carbocycles. The van der Waals surface area contributed by atoms with Crippen molar-refractivity contribution in [3.05, 3.63) is 28.8 Å². The number of halogens is 2. The molecule has 1 saturated carbocycles. The van der Waals surface area contributed by atoms with Gasteiger partial charge < -0.3 is 10.1 Å². The van der Waals surface area contributed by atoms with E-state index in [0.717, 1.165) is 12.7 Å². The Kier molecular flexibility index (Phi) is 5.48. The zero-order valence-electron chi connectivity index (χ0n) is 11.1. The van der Waals surface area contributed by atoms with Crippen molar-refractivity contribution in [2.75, 3.05) is 19.8 Å². The highest BCUT2D eigenvalue weighted by Crippen LogP contribution is 2.28. The second-order valence-corrected chi connectivity index (χ2v) is 7.83. The van der Waals surface area contributed by atoms with Gasteiger partial charge in [0.25, 0.3) is 15.0 Å². The summed E-state index contributed by atoms with van der Waals surface area (Å²) in [5.74, 6) is 0.206. The molecule has 0 unspecified atom stereocenters. The normalized spacial score (nSPS) is 15.0. The quantitative estimate of drug-likeness (QED) is 0.604. The van der Waals surface area contributed by atoms with Crippen LogP contribution in [-0.2, 0) is 13.8 Å². The zero-order valence-corrected chi connectivity index (χ0v) is 13.5. The van der Waals surface area contributed by atoms with Gasteiger partial charge in [0.2, 0.25) is 0 Å². The van der Waals surface area contributed by atoms with Crippen molar-refractivity contribution < 1.29 is 17.9 Å². The Balaban J connectivity index is 1.91. The van der Waals surface area contributed by atoms with Crippen molar-refractivity contribution in [3.8, 4) is 0 Å². The fourth-order valence-corrected chi connectivity index (χ4v) is 2.68. The van der Waals surface area contributed by atoms with E-state index in [2.05, 4.69) is 5.32 Å². The Hall–Kier alpha value is -0.820. The molecule has 0 heterocycles. The van der Waals surface area contributed by atoms with Crippen LogP contribution in [0, 0.1) is 5.92 Å². The van der Waals surface area contributed by atoms with E-state index >= 15 is 0 Å². The lowest BCUT2D eigenvalue weighted by Gasteiger charge is -2.08. The van der Waals surface area contributed by atoms with Crippen LogP contribution in [0.4, 0.5) is 0 Å². The minimum Gasteiger partial charge on any atom is -0.379 e. The summed E-state index contributed by atoms with van der Waals surface area (Å²) in [7, 11) is 1.35. The van der Waals surface area contributed by atoms with Gasteiger partial charge in [-0.1, -0.05) is 11.6 Å². The average molecular weight is 352 g/mol. The number of benzene rings is 1. The summed E-state index contributed by atoms with van der Waals surface area (Å²) in [5, 5.41) is 2.79. The minimum absolute atomic E-state index is 0.0700. The summed E-state index contributed by atoms with van der Waals surface area (Å²) < 4.78 is 27.9. The first-order valence-electron chi connectivity index (χ1n) is 6.48. The van der Waals surface area contributed by atoms with E-state index in [1.165, 1.54) is 25.0 Å². The second kappa shape index (κ2) is 6.96. The monoisotopic (exact) mass is 351 g/mol. The first-order valence-corrected chi connectivity index (χ1v) is 9.17. The smallest absolute Gasteiger partial charge is 0.261 e. The van der Waals surface area contributed by atoms with E-state index in [1.807, 2.05) is 0 Å². The number of hydrogen-bond donors (Lipinski definition) is 1. The van der Waals surface area contributed by atoms with E-state index in [0.29, 0.717) is 19.1 Å². The highest BCUT2D eigenvalue weighted by molar-refractivity contribution is 8.13. The molecule has 21 heavy (non-hydrogen) atoms. The maximum atomic E-state index is 12.0. The molecule has 0 aliphatic heterocycles.